The molecule has 1 saturated carbocycles. The Bertz CT molecular complexity index is 461. The highest BCUT2D eigenvalue weighted by molar-refractivity contribution is 9.10. The van der Waals surface area contributed by atoms with E-state index in [2.05, 4.69) is 38.4 Å². The van der Waals surface area contributed by atoms with Crippen molar-refractivity contribution in [3.8, 4) is 0 Å². The van der Waals surface area contributed by atoms with Crippen LogP contribution in [0.2, 0.25) is 5.15 Å². The van der Waals surface area contributed by atoms with Gasteiger partial charge in [-0.2, -0.15) is 0 Å². The Balaban J connectivity index is 1.64. The van der Waals surface area contributed by atoms with Gasteiger partial charge >= 0.3 is 0 Å². The Labute approximate surface area is 115 Å². The minimum Gasteiger partial charge on any atom is -0.382 e. The number of fused-ring (bicyclic) bond motifs is 2. The highest BCUT2D eigenvalue weighted by Gasteiger charge is 2.35. The number of nitrogens with one attached hydrogen (secondary N) is 1. The van der Waals surface area contributed by atoms with Crippen LogP contribution in [-0.2, 0) is 0 Å². The van der Waals surface area contributed by atoms with Gasteiger partial charge in [-0.25, -0.2) is 4.98 Å². The summed E-state index contributed by atoms with van der Waals surface area (Å²) in [5.74, 6) is 2.34. The normalized spacial score (nSPS) is 29.9. The summed E-state index contributed by atoms with van der Waals surface area (Å²) < 4.78 is 0.956. The maximum Gasteiger partial charge on any atom is 0.152 e. The number of rotatable bonds is 3. The molecule has 2 nitrogen and oxygen atoms in total. The molecule has 2 aliphatic carbocycles. The van der Waals surface area contributed by atoms with Crippen molar-refractivity contribution in [2.75, 3.05) is 11.9 Å². The summed E-state index contributed by atoms with van der Waals surface area (Å²) in [5.41, 5.74) is 0.924. The summed E-state index contributed by atoms with van der Waals surface area (Å²) in [7, 11) is 0. The van der Waals surface area contributed by atoms with Crippen LogP contribution in [-0.4, -0.2) is 11.5 Å². The fourth-order valence-electron chi connectivity index (χ4n) is 2.92. The largest absolute Gasteiger partial charge is 0.382 e. The first-order valence-electron chi connectivity index (χ1n) is 5.95. The van der Waals surface area contributed by atoms with E-state index in [1.807, 2.05) is 6.07 Å². The first-order valence-corrected chi connectivity index (χ1v) is 7.12. The maximum absolute atomic E-state index is 6.05. The lowest BCUT2D eigenvalue weighted by atomic mass is 9.93. The minimum absolute atomic E-state index is 0.548. The predicted octanol–water partition coefficient (Wildman–Crippen LogP) is 4.12. The molecule has 0 aliphatic heterocycles. The van der Waals surface area contributed by atoms with Crippen molar-refractivity contribution in [3.05, 3.63) is 34.0 Å². The van der Waals surface area contributed by atoms with Crippen LogP contribution in [0.25, 0.3) is 0 Å². The molecule has 17 heavy (non-hydrogen) atoms. The van der Waals surface area contributed by atoms with Crippen LogP contribution >= 0.6 is 27.5 Å². The Morgan fingerprint density at radius 1 is 1.41 bits per heavy atom. The topological polar surface area (TPSA) is 24.9 Å². The third-order valence-corrected chi connectivity index (χ3v) is 4.51. The number of aromatic nitrogens is 1. The first-order chi connectivity index (χ1) is 8.22. The maximum atomic E-state index is 6.05. The second-order valence-corrected chi connectivity index (χ2v) is 6.19. The molecule has 1 fully saturated rings. The molecule has 2 aliphatic rings. The van der Waals surface area contributed by atoms with Crippen LogP contribution in [0.5, 0.6) is 0 Å². The van der Waals surface area contributed by atoms with E-state index < -0.39 is 0 Å². The number of hydrogen-bond donors (Lipinski definition) is 1. The lowest BCUT2D eigenvalue weighted by Gasteiger charge is -2.19. The molecule has 0 saturated heterocycles. The van der Waals surface area contributed by atoms with Gasteiger partial charge in [-0.1, -0.05) is 23.8 Å². The zero-order chi connectivity index (χ0) is 11.8. The number of halogens is 2. The second kappa shape index (κ2) is 4.62. The Morgan fingerprint density at radius 3 is 3.00 bits per heavy atom. The summed E-state index contributed by atoms with van der Waals surface area (Å²) >= 11 is 9.46. The molecule has 1 aromatic rings. The summed E-state index contributed by atoms with van der Waals surface area (Å²) in [6.07, 6.45) is 9.12. The van der Waals surface area contributed by atoms with Gasteiger partial charge in [0.1, 0.15) is 0 Å². The molecule has 1 N–H and O–H groups in total. The number of nitrogens with zero attached hydrogens (tertiary/aromatic N) is 1. The molecular weight excluding hydrogens is 300 g/mol. The SMILES string of the molecule is Clc1ncc(Br)cc1NCC1CC2C=CC1C2. The molecular formula is C13H14BrClN2. The highest BCUT2D eigenvalue weighted by atomic mass is 79.9. The van der Waals surface area contributed by atoms with Gasteiger partial charge in [0.25, 0.3) is 0 Å². The average molecular weight is 314 g/mol. The van der Waals surface area contributed by atoms with Crippen molar-refractivity contribution < 1.29 is 0 Å². The van der Waals surface area contributed by atoms with Gasteiger partial charge in [-0.15, -0.1) is 0 Å². The zero-order valence-corrected chi connectivity index (χ0v) is 11.7. The Kier molecular flexibility index (Phi) is 3.14. The van der Waals surface area contributed by atoms with Gasteiger partial charge < -0.3 is 5.32 Å². The molecule has 3 rings (SSSR count). The molecule has 4 heteroatoms. The molecule has 1 aromatic heterocycles. The van der Waals surface area contributed by atoms with Crippen LogP contribution in [0.3, 0.4) is 0 Å². The third kappa shape index (κ3) is 2.36. The van der Waals surface area contributed by atoms with Gasteiger partial charge in [0.2, 0.25) is 0 Å². The van der Waals surface area contributed by atoms with Crippen LogP contribution < -0.4 is 5.32 Å². The predicted molar refractivity (Wildman–Crippen MR) is 74.3 cm³/mol. The van der Waals surface area contributed by atoms with Gasteiger partial charge in [-0.3, -0.25) is 0 Å². The van der Waals surface area contributed by atoms with Crippen molar-refractivity contribution in [2.24, 2.45) is 17.8 Å². The molecule has 0 aromatic carbocycles. The smallest absolute Gasteiger partial charge is 0.152 e. The Morgan fingerprint density at radius 2 is 2.29 bits per heavy atom. The van der Waals surface area contributed by atoms with E-state index in [1.165, 1.54) is 12.8 Å². The van der Waals surface area contributed by atoms with Crippen LogP contribution in [0.4, 0.5) is 5.69 Å². The van der Waals surface area contributed by atoms with Crippen molar-refractivity contribution in [1.29, 1.82) is 0 Å². The van der Waals surface area contributed by atoms with Crippen LogP contribution in [0, 0.1) is 17.8 Å². The first kappa shape index (κ1) is 11.5. The summed E-state index contributed by atoms with van der Waals surface area (Å²) in [5, 5.41) is 3.97. The van der Waals surface area contributed by atoms with E-state index in [9.17, 15) is 0 Å². The number of anilines is 1. The molecule has 3 unspecified atom stereocenters. The van der Waals surface area contributed by atoms with Gasteiger partial charge in [0.05, 0.1) is 5.69 Å². The van der Waals surface area contributed by atoms with E-state index in [-0.39, 0.29) is 0 Å². The molecule has 0 spiro atoms. The quantitative estimate of drug-likeness (QED) is 0.670. The fraction of sp³-hybridized carbons (Fsp3) is 0.462. The second-order valence-electron chi connectivity index (χ2n) is 4.91. The van der Waals surface area contributed by atoms with Crippen molar-refractivity contribution in [1.82, 2.24) is 4.98 Å². The lowest BCUT2D eigenvalue weighted by Crippen LogP contribution is -2.18. The van der Waals surface area contributed by atoms with E-state index in [4.69, 9.17) is 11.6 Å². The monoisotopic (exact) mass is 312 g/mol. The summed E-state index contributed by atoms with van der Waals surface area (Å²) in [4.78, 5) is 4.11. The van der Waals surface area contributed by atoms with Gasteiger partial charge in [-0.05, 0) is 52.6 Å². The van der Waals surface area contributed by atoms with E-state index in [0.29, 0.717) is 5.15 Å². The van der Waals surface area contributed by atoms with E-state index in [1.54, 1.807) is 6.20 Å². The number of pyridine rings is 1. The molecule has 0 radical (unpaired) electrons. The molecule has 3 atom stereocenters. The van der Waals surface area contributed by atoms with E-state index >= 15 is 0 Å². The number of hydrogen-bond acceptors (Lipinski definition) is 2. The minimum atomic E-state index is 0.548. The Hall–Kier alpha value is -0.540. The van der Waals surface area contributed by atoms with Gasteiger partial charge in [0, 0.05) is 17.2 Å². The van der Waals surface area contributed by atoms with Crippen molar-refractivity contribution in [2.45, 2.75) is 12.8 Å². The standard InChI is InChI=1S/C13H14BrClN2/c14-11-5-12(13(15)17-7-11)16-6-10-4-8-1-2-9(10)3-8/h1-2,5,7-10,16H,3-4,6H2. The molecule has 1 heterocycles. The summed E-state index contributed by atoms with van der Waals surface area (Å²) in [6, 6.07) is 1.98. The van der Waals surface area contributed by atoms with Crippen molar-refractivity contribution >= 4 is 33.2 Å². The lowest BCUT2D eigenvalue weighted by molar-refractivity contribution is 0.472. The summed E-state index contributed by atoms with van der Waals surface area (Å²) in [6.45, 7) is 0.989. The molecule has 90 valence electrons. The van der Waals surface area contributed by atoms with Crippen LogP contribution in [0.15, 0.2) is 28.9 Å². The highest BCUT2D eigenvalue weighted by Crippen LogP contribution is 2.43. The molecule has 2 bridgehead atoms. The third-order valence-electron chi connectivity index (χ3n) is 3.78. The zero-order valence-electron chi connectivity index (χ0n) is 9.37. The van der Waals surface area contributed by atoms with E-state index in [0.717, 1.165) is 34.5 Å². The van der Waals surface area contributed by atoms with Crippen LogP contribution in [0.1, 0.15) is 12.8 Å². The fourth-order valence-corrected chi connectivity index (χ4v) is 3.42. The number of allylic oxidation sites excluding steroid dienone is 2. The van der Waals surface area contributed by atoms with Gasteiger partial charge in [0.15, 0.2) is 5.15 Å². The average Bonchev–Trinajstić information content (AvgIpc) is 2.92. The van der Waals surface area contributed by atoms with Crippen molar-refractivity contribution in [3.63, 3.8) is 0 Å². The molecule has 0 amide bonds.